The van der Waals surface area contributed by atoms with E-state index in [4.69, 9.17) is 32.7 Å². The van der Waals surface area contributed by atoms with Crippen molar-refractivity contribution in [1.82, 2.24) is 5.32 Å². The number of benzene rings is 1. The van der Waals surface area contributed by atoms with Gasteiger partial charge in [0.25, 0.3) is 0 Å². The van der Waals surface area contributed by atoms with Crippen LogP contribution in [0.2, 0.25) is 5.02 Å². The first-order valence-corrected chi connectivity index (χ1v) is 7.38. The minimum Gasteiger partial charge on any atom is -0.493 e. The molecule has 1 heterocycles. The minimum atomic E-state index is 0.249. The first kappa shape index (κ1) is 14.9. The van der Waals surface area contributed by atoms with Crippen molar-refractivity contribution in [2.75, 3.05) is 26.2 Å². The van der Waals surface area contributed by atoms with Crippen molar-refractivity contribution in [1.29, 1.82) is 0 Å². The predicted octanol–water partition coefficient (Wildman–Crippen LogP) is 3.01. The molecule has 5 heteroatoms. The van der Waals surface area contributed by atoms with Gasteiger partial charge in [-0.1, -0.05) is 11.6 Å². The van der Waals surface area contributed by atoms with Gasteiger partial charge in [0.1, 0.15) is 5.75 Å². The lowest BCUT2D eigenvalue weighted by atomic mass is 10.1. The fourth-order valence-corrected chi connectivity index (χ4v) is 2.84. The van der Waals surface area contributed by atoms with Crippen LogP contribution >= 0.6 is 23.2 Å². The van der Waals surface area contributed by atoms with Crippen LogP contribution in [0.1, 0.15) is 17.5 Å². The van der Waals surface area contributed by atoms with Gasteiger partial charge in [0, 0.05) is 42.6 Å². The molecule has 1 aromatic rings. The first-order valence-electron chi connectivity index (χ1n) is 6.47. The Kier molecular flexibility index (Phi) is 5.76. The third-order valence-corrected chi connectivity index (χ3v) is 3.67. The van der Waals surface area contributed by atoms with E-state index in [1.165, 1.54) is 5.56 Å². The van der Waals surface area contributed by atoms with E-state index < -0.39 is 0 Å². The number of fused-ring (bicyclic) bond motifs is 1. The molecule has 0 amide bonds. The van der Waals surface area contributed by atoms with E-state index in [0.717, 1.165) is 35.8 Å². The van der Waals surface area contributed by atoms with E-state index in [1.54, 1.807) is 7.11 Å². The largest absolute Gasteiger partial charge is 0.493 e. The van der Waals surface area contributed by atoms with E-state index in [2.05, 4.69) is 5.32 Å². The molecule has 1 aliphatic rings. The molecule has 1 unspecified atom stereocenters. The Hall–Kier alpha value is -0.480. The van der Waals surface area contributed by atoms with Gasteiger partial charge in [0.05, 0.1) is 13.2 Å². The van der Waals surface area contributed by atoms with E-state index in [0.29, 0.717) is 19.0 Å². The van der Waals surface area contributed by atoms with Gasteiger partial charge in [-0.15, -0.1) is 11.6 Å². The Morgan fingerprint density at radius 3 is 3.05 bits per heavy atom. The van der Waals surface area contributed by atoms with Crippen LogP contribution < -0.4 is 10.1 Å². The topological polar surface area (TPSA) is 30.5 Å². The van der Waals surface area contributed by atoms with Crippen molar-refractivity contribution < 1.29 is 9.47 Å². The molecule has 1 aliphatic heterocycles. The zero-order valence-electron chi connectivity index (χ0n) is 11.0. The second-order valence-electron chi connectivity index (χ2n) is 4.66. The van der Waals surface area contributed by atoms with Crippen LogP contribution in [-0.2, 0) is 17.7 Å². The molecule has 0 aliphatic carbocycles. The van der Waals surface area contributed by atoms with Gasteiger partial charge in [-0.3, -0.25) is 0 Å². The SMILES string of the molecule is COCC(CCCl)NCc1cc(Cl)cc2c1OCC2. The Morgan fingerprint density at radius 2 is 2.32 bits per heavy atom. The van der Waals surface area contributed by atoms with Crippen molar-refractivity contribution in [3.8, 4) is 5.75 Å². The molecule has 0 fully saturated rings. The molecule has 0 bridgehead atoms. The second kappa shape index (κ2) is 7.34. The molecule has 0 spiro atoms. The van der Waals surface area contributed by atoms with Crippen molar-refractivity contribution >= 4 is 23.2 Å². The summed E-state index contributed by atoms with van der Waals surface area (Å²) in [4.78, 5) is 0. The highest BCUT2D eigenvalue weighted by Gasteiger charge is 2.18. The Morgan fingerprint density at radius 1 is 1.47 bits per heavy atom. The number of ether oxygens (including phenoxy) is 2. The molecule has 19 heavy (non-hydrogen) atoms. The van der Waals surface area contributed by atoms with Gasteiger partial charge in [0.2, 0.25) is 0 Å². The lowest BCUT2D eigenvalue weighted by molar-refractivity contribution is 0.164. The summed E-state index contributed by atoms with van der Waals surface area (Å²) in [5.74, 6) is 1.60. The Balaban J connectivity index is 2.02. The standard InChI is InChI=1S/C14H19Cl2NO2/c1-18-9-13(2-4-15)17-8-11-7-12(16)6-10-3-5-19-14(10)11/h6-7,13,17H,2-5,8-9H2,1H3. The average molecular weight is 304 g/mol. The van der Waals surface area contributed by atoms with Crippen molar-refractivity contribution in [3.63, 3.8) is 0 Å². The lowest BCUT2D eigenvalue weighted by Gasteiger charge is -2.18. The molecule has 1 atom stereocenters. The number of alkyl halides is 1. The number of methoxy groups -OCH3 is 1. The monoisotopic (exact) mass is 303 g/mol. The molecule has 0 aromatic heterocycles. The summed E-state index contributed by atoms with van der Waals surface area (Å²) in [5.41, 5.74) is 2.31. The number of halogens is 2. The molecule has 1 N–H and O–H groups in total. The average Bonchev–Trinajstić information content (AvgIpc) is 2.84. The van der Waals surface area contributed by atoms with Gasteiger partial charge in [-0.25, -0.2) is 0 Å². The van der Waals surface area contributed by atoms with Gasteiger partial charge < -0.3 is 14.8 Å². The van der Waals surface area contributed by atoms with Crippen molar-refractivity contribution in [2.24, 2.45) is 0 Å². The molecule has 3 nitrogen and oxygen atoms in total. The molecular weight excluding hydrogens is 285 g/mol. The number of hydrogen-bond donors (Lipinski definition) is 1. The van der Waals surface area contributed by atoms with Crippen LogP contribution in [-0.4, -0.2) is 32.2 Å². The zero-order chi connectivity index (χ0) is 13.7. The maximum absolute atomic E-state index is 6.14. The molecule has 0 saturated carbocycles. The molecule has 2 rings (SSSR count). The van der Waals surface area contributed by atoms with E-state index in [-0.39, 0.29) is 6.04 Å². The van der Waals surface area contributed by atoms with Crippen LogP contribution in [0.25, 0.3) is 0 Å². The normalized spacial score (nSPS) is 15.1. The van der Waals surface area contributed by atoms with Crippen LogP contribution in [0, 0.1) is 0 Å². The predicted molar refractivity (Wildman–Crippen MR) is 78.5 cm³/mol. The Bertz CT molecular complexity index is 420. The van der Waals surface area contributed by atoms with Crippen molar-refractivity contribution in [3.05, 3.63) is 28.3 Å². The summed E-state index contributed by atoms with van der Waals surface area (Å²) in [5, 5.41) is 4.21. The third kappa shape index (κ3) is 3.99. The smallest absolute Gasteiger partial charge is 0.127 e. The lowest BCUT2D eigenvalue weighted by Crippen LogP contribution is -2.33. The van der Waals surface area contributed by atoms with Gasteiger partial charge >= 0.3 is 0 Å². The highest BCUT2D eigenvalue weighted by Crippen LogP contribution is 2.32. The van der Waals surface area contributed by atoms with Gasteiger partial charge in [-0.2, -0.15) is 0 Å². The summed E-state index contributed by atoms with van der Waals surface area (Å²) in [6.45, 7) is 2.11. The number of rotatable bonds is 7. The summed E-state index contributed by atoms with van der Waals surface area (Å²) in [6.07, 6.45) is 1.81. The quantitative estimate of drug-likeness (QED) is 0.786. The summed E-state index contributed by atoms with van der Waals surface area (Å²) < 4.78 is 10.9. The van der Waals surface area contributed by atoms with Gasteiger partial charge in [-0.05, 0) is 24.1 Å². The van der Waals surface area contributed by atoms with E-state index in [1.807, 2.05) is 12.1 Å². The second-order valence-corrected chi connectivity index (χ2v) is 5.48. The Labute approximate surface area is 124 Å². The third-order valence-electron chi connectivity index (χ3n) is 3.23. The van der Waals surface area contributed by atoms with Crippen LogP contribution in [0.3, 0.4) is 0 Å². The molecule has 0 saturated heterocycles. The maximum atomic E-state index is 6.14. The molecule has 106 valence electrons. The highest BCUT2D eigenvalue weighted by molar-refractivity contribution is 6.30. The molecular formula is C14H19Cl2NO2. The first-order chi connectivity index (χ1) is 9.24. The van der Waals surface area contributed by atoms with Gasteiger partial charge in [0.15, 0.2) is 0 Å². The fraction of sp³-hybridized carbons (Fsp3) is 0.571. The highest BCUT2D eigenvalue weighted by atomic mass is 35.5. The fourth-order valence-electron chi connectivity index (χ4n) is 2.31. The number of nitrogens with one attached hydrogen (secondary N) is 1. The van der Waals surface area contributed by atoms with Crippen LogP contribution in [0.4, 0.5) is 0 Å². The zero-order valence-corrected chi connectivity index (χ0v) is 12.6. The van der Waals surface area contributed by atoms with Crippen LogP contribution in [0.5, 0.6) is 5.75 Å². The maximum Gasteiger partial charge on any atom is 0.127 e. The van der Waals surface area contributed by atoms with Crippen LogP contribution in [0.15, 0.2) is 12.1 Å². The minimum absolute atomic E-state index is 0.249. The van der Waals surface area contributed by atoms with E-state index in [9.17, 15) is 0 Å². The van der Waals surface area contributed by atoms with Crippen molar-refractivity contribution in [2.45, 2.75) is 25.4 Å². The summed E-state index contributed by atoms with van der Waals surface area (Å²) in [6, 6.07) is 4.20. The number of hydrogen-bond acceptors (Lipinski definition) is 3. The van der Waals surface area contributed by atoms with E-state index >= 15 is 0 Å². The molecule has 1 aromatic carbocycles. The summed E-state index contributed by atoms with van der Waals surface area (Å²) >= 11 is 11.9. The molecule has 0 radical (unpaired) electrons. The summed E-state index contributed by atoms with van der Waals surface area (Å²) in [7, 11) is 1.70.